The van der Waals surface area contributed by atoms with E-state index in [4.69, 9.17) is 4.98 Å². The largest absolute Gasteiger partial charge is 0.353 e. The van der Waals surface area contributed by atoms with Crippen molar-refractivity contribution >= 4 is 11.8 Å². The molecule has 1 saturated heterocycles. The zero-order chi connectivity index (χ0) is 21.9. The first-order valence-corrected chi connectivity index (χ1v) is 10.6. The zero-order valence-corrected chi connectivity index (χ0v) is 18.6. The lowest BCUT2D eigenvalue weighted by molar-refractivity contribution is 0.185. The number of nitrogens with one attached hydrogen (secondary N) is 1. The van der Waals surface area contributed by atoms with Gasteiger partial charge in [0.2, 0.25) is 0 Å². The lowest BCUT2D eigenvalue weighted by Crippen LogP contribution is -2.55. The van der Waals surface area contributed by atoms with Crippen molar-refractivity contribution in [2.75, 3.05) is 31.1 Å². The van der Waals surface area contributed by atoms with E-state index in [9.17, 15) is 9.18 Å². The highest BCUT2D eigenvalue weighted by Gasteiger charge is 2.27. The van der Waals surface area contributed by atoms with Crippen LogP contribution in [0.4, 0.5) is 15.0 Å². The Morgan fingerprint density at radius 2 is 1.80 bits per heavy atom. The molecule has 0 saturated carbocycles. The first-order chi connectivity index (χ1) is 14.2. The molecule has 1 aromatic carbocycles. The molecule has 0 aliphatic carbocycles. The Kier molecular flexibility index (Phi) is 6.58. The molecule has 2 heterocycles. The van der Waals surface area contributed by atoms with E-state index in [0.29, 0.717) is 44.0 Å². The van der Waals surface area contributed by atoms with E-state index in [1.807, 2.05) is 44.7 Å². The third-order valence-electron chi connectivity index (χ3n) is 5.19. The number of carbonyl (C=O) groups excluding carboxylic acids is 1. The molecule has 0 unspecified atom stereocenters. The lowest BCUT2D eigenvalue weighted by Gasteiger charge is -2.37. The molecule has 1 aliphatic heterocycles. The molecule has 0 bridgehead atoms. The van der Waals surface area contributed by atoms with Gasteiger partial charge >= 0.3 is 6.03 Å². The van der Waals surface area contributed by atoms with Crippen LogP contribution in [-0.2, 0) is 12.8 Å². The SMILES string of the molecule is CCc1nc(C)nc(N2CCN(C(=O)NC(C)(C)C)CC2)c1Cc1ccccc1F. The quantitative estimate of drug-likeness (QED) is 0.830. The van der Waals surface area contributed by atoms with Crippen LogP contribution in [0.2, 0.25) is 0 Å². The summed E-state index contributed by atoms with van der Waals surface area (Å²) in [4.78, 5) is 25.9. The van der Waals surface area contributed by atoms with Gasteiger partial charge in [0.05, 0.1) is 0 Å². The van der Waals surface area contributed by atoms with Crippen molar-refractivity contribution in [3.8, 4) is 0 Å². The second-order valence-electron chi connectivity index (χ2n) is 8.80. The normalized spacial score (nSPS) is 14.7. The number of hydrogen-bond acceptors (Lipinski definition) is 4. The first-order valence-electron chi connectivity index (χ1n) is 10.6. The van der Waals surface area contributed by atoms with E-state index < -0.39 is 0 Å². The Hall–Kier alpha value is -2.70. The number of urea groups is 1. The van der Waals surface area contributed by atoms with Gasteiger partial charge in [0, 0.05) is 49.4 Å². The highest BCUT2D eigenvalue weighted by atomic mass is 19.1. The summed E-state index contributed by atoms with van der Waals surface area (Å²) in [5.41, 5.74) is 2.31. The highest BCUT2D eigenvalue weighted by molar-refractivity contribution is 5.75. The maximum absolute atomic E-state index is 14.3. The van der Waals surface area contributed by atoms with E-state index in [1.165, 1.54) is 6.07 Å². The Bertz CT molecular complexity index is 901. The van der Waals surface area contributed by atoms with Crippen LogP contribution >= 0.6 is 0 Å². The van der Waals surface area contributed by atoms with Crippen LogP contribution in [0.25, 0.3) is 0 Å². The molecule has 0 radical (unpaired) electrons. The van der Waals surface area contributed by atoms with Gasteiger partial charge in [0.15, 0.2) is 0 Å². The molecule has 0 spiro atoms. The predicted molar refractivity (Wildman–Crippen MR) is 117 cm³/mol. The fourth-order valence-corrected chi connectivity index (χ4v) is 3.73. The number of rotatable bonds is 4. The molecule has 2 aromatic rings. The molecular formula is C23H32FN5O. The first kappa shape index (κ1) is 22.0. The van der Waals surface area contributed by atoms with Gasteiger partial charge in [-0.05, 0) is 45.7 Å². The lowest BCUT2D eigenvalue weighted by atomic mass is 10.0. The molecule has 30 heavy (non-hydrogen) atoms. The molecule has 2 amide bonds. The molecule has 1 fully saturated rings. The van der Waals surface area contributed by atoms with Gasteiger partial charge in [0.25, 0.3) is 0 Å². The number of aromatic nitrogens is 2. The summed E-state index contributed by atoms with van der Waals surface area (Å²) in [6.07, 6.45) is 1.21. The van der Waals surface area contributed by atoms with E-state index >= 15 is 0 Å². The van der Waals surface area contributed by atoms with Gasteiger partial charge in [0.1, 0.15) is 17.5 Å². The monoisotopic (exact) mass is 413 g/mol. The van der Waals surface area contributed by atoms with Gasteiger partial charge in [-0.15, -0.1) is 0 Å². The molecule has 162 valence electrons. The average Bonchev–Trinajstić information content (AvgIpc) is 2.69. The second-order valence-corrected chi connectivity index (χ2v) is 8.80. The van der Waals surface area contributed by atoms with Gasteiger partial charge in [-0.2, -0.15) is 0 Å². The summed E-state index contributed by atoms with van der Waals surface area (Å²) in [7, 11) is 0. The zero-order valence-electron chi connectivity index (χ0n) is 18.6. The number of carbonyl (C=O) groups is 1. The number of hydrogen-bond donors (Lipinski definition) is 1. The fraction of sp³-hybridized carbons (Fsp3) is 0.522. The molecule has 6 nitrogen and oxygen atoms in total. The molecule has 1 aromatic heterocycles. The summed E-state index contributed by atoms with van der Waals surface area (Å²) in [6, 6.07) is 6.82. The minimum absolute atomic E-state index is 0.0400. The molecule has 3 rings (SSSR count). The Morgan fingerprint density at radius 3 is 2.40 bits per heavy atom. The molecule has 7 heteroatoms. The van der Waals surface area contributed by atoms with Gasteiger partial charge in [-0.3, -0.25) is 0 Å². The number of amides is 2. The van der Waals surface area contributed by atoms with E-state index in [2.05, 4.69) is 22.1 Å². The smallest absolute Gasteiger partial charge is 0.317 e. The Morgan fingerprint density at radius 1 is 1.13 bits per heavy atom. The molecule has 1 N–H and O–H groups in total. The molecule has 0 atom stereocenters. The van der Waals surface area contributed by atoms with Gasteiger partial charge in [-0.1, -0.05) is 25.1 Å². The van der Waals surface area contributed by atoms with Crippen LogP contribution in [0.5, 0.6) is 0 Å². The maximum Gasteiger partial charge on any atom is 0.317 e. The number of nitrogens with zero attached hydrogens (tertiary/aromatic N) is 4. The van der Waals surface area contributed by atoms with E-state index in [-0.39, 0.29) is 17.4 Å². The van der Waals surface area contributed by atoms with Crippen molar-refractivity contribution in [3.05, 3.63) is 52.7 Å². The number of anilines is 1. The molecular weight excluding hydrogens is 381 g/mol. The van der Waals surface area contributed by atoms with Crippen molar-refractivity contribution < 1.29 is 9.18 Å². The standard InChI is InChI=1S/C23H32FN5O/c1-6-20-18(15-17-9-7-8-10-19(17)24)21(26-16(2)25-20)28-11-13-29(14-12-28)22(30)27-23(3,4)5/h7-10H,6,11-15H2,1-5H3,(H,27,30). The molecule has 1 aliphatic rings. The summed E-state index contributed by atoms with van der Waals surface area (Å²) in [5, 5.41) is 3.02. The fourth-order valence-electron chi connectivity index (χ4n) is 3.73. The Balaban J connectivity index is 1.83. The summed E-state index contributed by atoms with van der Waals surface area (Å²) >= 11 is 0. The average molecular weight is 414 g/mol. The maximum atomic E-state index is 14.3. The van der Waals surface area contributed by atoms with Crippen LogP contribution in [0, 0.1) is 12.7 Å². The number of piperazine rings is 1. The Labute approximate surface area is 178 Å². The summed E-state index contributed by atoms with van der Waals surface area (Å²) in [6.45, 7) is 12.5. The van der Waals surface area contributed by atoms with Crippen LogP contribution in [-0.4, -0.2) is 52.6 Å². The van der Waals surface area contributed by atoms with Crippen molar-refractivity contribution in [2.24, 2.45) is 0 Å². The third kappa shape index (κ3) is 5.26. The van der Waals surface area contributed by atoms with Crippen molar-refractivity contribution in [1.29, 1.82) is 0 Å². The van der Waals surface area contributed by atoms with E-state index in [1.54, 1.807) is 6.07 Å². The van der Waals surface area contributed by atoms with Crippen LogP contribution in [0.3, 0.4) is 0 Å². The highest BCUT2D eigenvalue weighted by Crippen LogP contribution is 2.26. The predicted octanol–water partition coefficient (Wildman–Crippen LogP) is 3.71. The van der Waals surface area contributed by atoms with Crippen LogP contribution < -0.4 is 10.2 Å². The van der Waals surface area contributed by atoms with Crippen LogP contribution in [0.15, 0.2) is 24.3 Å². The summed E-state index contributed by atoms with van der Waals surface area (Å²) in [5.74, 6) is 1.36. The topological polar surface area (TPSA) is 61.4 Å². The van der Waals surface area contributed by atoms with Crippen molar-refractivity contribution in [3.63, 3.8) is 0 Å². The van der Waals surface area contributed by atoms with Gasteiger partial charge < -0.3 is 15.1 Å². The minimum atomic E-state index is -0.263. The minimum Gasteiger partial charge on any atom is -0.353 e. The number of halogens is 1. The van der Waals surface area contributed by atoms with Crippen molar-refractivity contribution in [2.45, 2.75) is 53.0 Å². The third-order valence-corrected chi connectivity index (χ3v) is 5.19. The van der Waals surface area contributed by atoms with Crippen molar-refractivity contribution in [1.82, 2.24) is 20.2 Å². The second kappa shape index (κ2) is 8.98. The van der Waals surface area contributed by atoms with E-state index in [0.717, 1.165) is 23.5 Å². The number of aryl methyl sites for hydroxylation is 2. The van der Waals surface area contributed by atoms with Gasteiger partial charge in [-0.25, -0.2) is 19.2 Å². The summed E-state index contributed by atoms with van der Waals surface area (Å²) < 4.78 is 14.3. The van der Waals surface area contributed by atoms with Crippen LogP contribution in [0.1, 0.15) is 50.3 Å². The number of benzene rings is 1.